The van der Waals surface area contributed by atoms with E-state index in [-0.39, 0.29) is 0 Å². The highest BCUT2D eigenvalue weighted by Gasteiger charge is 2.02. The first kappa shape index (κ1) is 14.8. The highest BCUT2D eigenvalue weighted by molar-refractivity contribution is 5.75. The molecule has 2 rings (SSSR count). The van der Waals surface area contributed by atoms with Crippen LogP contribution in [0.25, 0.3) is 0 Å². The maximum absolute atomic E-state index is 5.78. The fourth-order valence-corrected chi connectivity index (χ4v) is 1.84. The molecule has 0 aliphatic heterocycles. The molecule has 0 saturated carbocycles. The summed E-state index contributed by atoms with van der Waals surface area (Å²) in [6.45, 7) is 0.951. The van der Waals surface area contributed by atoms with E-state index < -0.39 is 0 Å². The minimum Gasteiger partial charge on any atom is -0.489 e. The highest BCUT2D eigenvalue weighted by Crippen LogP contribution is 2.25. The summed E-state index contributed by atoms with van der Waals surface area (Å²) in [6.07, 6.45) is 4.73. The van der Waals surface area contributed by atoms with Crippen molar-refractivity contribution in [3.8, 4) is 5.75 Å². The summed E-state index contributed by atoms with van der Waals surface area (Å²) < 4.78 is 5.78. The second kappa shape index (κ2) is 7.87. The number of aliphatic imine (C=N–C) groups is 1. The van der Waals surface area contributed by atoms with Gasteiger partial charge in [0.05, 0.1) is 5.69 Å². The van der Waals surface area contributed by atoms with Gasteiger partial charge < -0.3 is 16.2 Å². The Bertz CT molecular complexity index is 621. The van der Waals surface area contributed by atoms with E-state index >= 15 is 0 Å². The van der Waals surface area contributed by atoms with E-state index in [1.165, 1.54) is 6.20 Å². The molecule has 108 valence electrons. The van der Waals surface area contributed by atoms with Crippen molar-refractivity contribution in [1.82, 2.24) is 0 Å². The zero-order valence-electron chi connectivity index (χ0n) is 11.8. The van der Waals surface area contributed by atoms with E-state index in [0.29, 0.717) is 13.2 Å². The van der Waals surface area contributed by atoms with Crippen LogP contribution >= 0.6 is 0 Å². The molecular weight excluding hydrogens is 262 g/mol. The monoisotopic (exact) mass is 281 g/mol. The molecule has 0 radical (unpaired) electrons. The summed E-state index contributed by atoms with van der Waals surface area (Å²) in [7, 11) is 0. The standard InChI is InChI=1S/C17H19N3O/c18-9-4-10-20-17-11-16(8-7-15(17)12-19)21-13-14-5-2-1-3-6-14/h1-11H,12-13,18-19H2. The van der Waals surface area contributed by atoms with Gasteiger partial charge in [0.1, 0.15) is 12.4 Å². The van der Waals surface area contributed by atoms with Gasteiger partial charge in [0.15, 0.2) is 0 Å². The molecule has 0 heterocycles. The predicted molar refractivity (Wildman–Crippen MR) is 86.6 cm³/mol. The first-order valence-corrected chi connectivity index (χ1v) is 6.74. The summed E-state index contributed by atoms with van der Waals surface area (Å²) in [5.41, 5.74) is 13.9. The van der Waals surface area contributed by atoms with Crippen LogP contribution in [0, 0.1) is 0 Å². The van der Waals surface area contributed by atoms with Gasteiger partial charge in [-0.05, 0) is 29.5 Å². The minimum atomic E-state index is 0.429. The fourth-order valence-electron chi connectivity index (χ4n) is 1.84. The van der Waals surface area contributed by atoms with Crippen molar-refractivity contribution >= 4 is 11.9 Å². The lowest BCUT2D eigenvalue weighted by atomic mass is 10.1. The van der Waals surface area contributed by atoms with Gasteiger partial charge in [-0.3, -0.25) is 4.99 Å². The lowest BCUT2D eigenvalue weighted by Crippen LogP contribution is -1.99. The number of rotatable bonds is 6. The second-order valence-corrected chi connectivity index (χ2v) is 4.43. The van der Waals surface area contributed by atoms with Crippen LogP contribution in [0.2, 0.25) is 0 Å². The Morgan fingerprint density at radius 3 is 2.62 bits per heavy atom. The third kappa shape index (κ3) is 4.47. The Morgan fingerprint density at radius 2 is 1.90 bits per heavy atom. The Hall–Kier alpha value is -2.59. The second-order valence-electron chi connectivity index (χ2n) is 4.43. The lowest BCUT2D eigenvalue weighted by molar-refractivity contribution is 0.306. The number of nitrogens with zero attached hydrogens (tertiary/aromatic N) is 1. The normalized spacial score (nSPS) is 11.3. The summed E-state index contributed by atoms with van der Waals surface area (Å²) in [5.74, 6) is 0.764. The average Bonchev–Trinajstić information content (AvgIpc) is 2.54. The fraction of sp³-hybridized carbons (Fsp3) is 0.118. The summed E-state index contributed by atoms with van der Waals surface area (Å²) in [5, 5.41) is 0. The van der Waals surface area contributed by atoms with Crippen LogP contribution in [-0.2, 0) is 13.2 Å². The maximum Gasteiger partial charge on any atom is 0.121 e. The van der Waals surface area contributed by atoms with E-state index in [1.54, 1.807) is 12.3 Å². The first-order valence-electron chi connectivity index (χ1n) is 6.74. The minimum absolute atomic E-state index is 0.429. The largest absolute Gasteiger partial charge is 0.489 e. The summed E-state index contributed by atoms with van der Waals surface area (Å²) in [6, 6.07) is 15.7. The zero-order chi connectivity index (χ0) is 14.9. The third-order valence-corrected chi connectivity index (χ3v) is 2.94. The summed E-state index contributed by atoms with van der Waals surface area (Å²) >= 11 is 0. The Labute approximate surface area is 124 Å². The first-order chi connectivity index (χ1) is 10.3. The molecule has 0 amide bonds. The van der Waals surface area contributed by atoms with Gasteiger partial charge in [0.2, 0.25) is 0 Å². The third-order valence-electron chi connectivity index (χ3n) is 2.94. The molecule has 0 fully saturated rings. The Kier molecular flexibility index (Phi) is 5.55. The van der Waals surface area contributed by atoms with Crippen LogP contribution in [0.3, 0.4) is 0 Å². The number of nitrogens with two attached hydrogens (primary N) is 2. The molecule has 0 aromatic heterocycles. The number of ether oxygens (including phenoxy) is 1. The SMILES string of the molecule is NC=CC=Nc1cc(OCc2ccccc2)ccc1CN. The van der Waals surface area contributed by atoms with Gasteiger partial charge in [0.25, 0.3) is 0 Å². The van der Waals surface area contributed by atoms with Crippen molar-refractivity contribution in [3.63, 3.8) is 0 Å². The predicted octanol–water partition coefficient (Wildman–Crippen LogP) is 2.90. The number of hydrogen-bond acceptors (Lipinski definition) is 4. The van der Waals surface area contributed by atoms with Crippen LogP contribution in [-0.4, -0.2) is 6.21 Å². The lowest BCUT2D eigenvalue weighted by Gasteiger charge is -2.09. The molecule has 0 aliphatic carbocycles. The van der Waals surface area contributed by atoms with E-state index in [1.807, 2.05) is 48.5 Å². The number of hydrogen-bond donors (Lipinski definition) is 2. The van der Waals surface area contributed by atoms with Crippen molar-refractivity contribution in [2.75, 3.05) is 0 Å². The zero-order valence-corrected chi connectivity index (χ0v) is 11.8. The molecule has 4 nitrogen and oxygen atoms in total. The topological polar surface area (TPSA) is 73.6 Å². The molecule has 4 heteroatoms. The van der Waals surface area contributed by atoms with Crippen LogP contribution in [0.15, 0.2) is 65.8 Å². The van der Waals surface area contributed by atoms with Crippen molar-refractivity contribution in [2.24, 2.45) is 16.5 Å². The van der Waals surface area contributed by atoms with Crippen molar-refractivity contribution in [3.05, 3.63) is 71.9 Å². The molecule has 0 saturated heterocycles. The van der Waals surface area contributed by atoms with Crippen molar-refractivity contribution in [2.45, 2.75) is 13.2 Å². The summed E-state index contributed by atoms with van der Waals surface area (Å²) in [4.78, 5) is 4.33. The Balaban J connectivity index is 2.11. The number of allylic oxidation sites excluding steroid dienone is 1. The molecule has 2 aromatic carbocycles. The van der Waals surface area contributed by atoms with E-state index in [4.69, 9.17) is 16.2 Å². The maximum atomic E-state index is 5.78. The Morgan fingerprint density at radius 1 is 1.10 bits per heavy atom. The molecular formula is C17H19N3O. The van der Waals surface area contributed by atoms with Gasteiger partial charge in [-0.2, -0.15) is 0 Å². The van der Waals surface area contributed by atoms with E-state index in [0.717, 1.165) is 22.6 Å². The molecule has 4 N–H and O–H groups in total. The average molecular weight is 281 g/mol. The highest BCUT2D eigenvalue weighted by atomic mass is 16.5. The molecule has 21 heavy (non-hydrogen) atoms. The van der Waals surface area contributed by atoms with E-state index in [2.05, 4.69) is 4.99 Å². The molecule has 0 bridgehead atoms. The van der Waals surface area contributed by atoms with Crippen molar-refractivity contribution < 1.29 is 4.74 Å². The van der Waals surface area contributed by atoms with Crippen molar-refractivity contribution in [1.29, 1.82) is 0 Å². The van der Waals surface area contributed by atoms with Crippen LogP contribution in [0.1, 0.15) is 11.1 Å². The van der Waals surface area contributed by atoms with Crippen LogP contribution in [0.5, 0.6) is 5.75 Å². The molecule has 0 spiro atoms. The van der Waals surface area contributed by atoms with Crippen LogP contribution in [0.4, 0.5) is 5.69 Å². The van der Waals surface area contributed by atoms with Gasteiger partial charge in [-0.15, -0.1) is 0 Å². The van der Waals surface area contributed by atoms with Gasteiger partial charge in [-0.25, -0.2) is 0 Å². The smallest absolute Gasteiger partial charge is 0.121 e. The molecule has 0 aliphatic rings. The van der Waals surface area contributed by atoms with Gasteiger partial charge in [0, 0.05) is 18.8 Å². The quantitative estimate of drug-likeness (QED) is 0.799. The molecule has 0 atom stereocenters. The van der Waals surface area contributed by atoms with E-state index in [9.17, 15) is 0 Å². The number of benzene rings is 2. The molecule has 0 unspecified atom stereocenters. The van der Waals surface area contributed by atoms with Crippen LogP contribution < -0.4 is 16.2 Å². The molecule has 2 aromatic rings. The van der Waals surface area contributed by atoms with Gasteiger partial charge in [-0.1, -0.05) is 36.4 Å². The van der Waals surface area contributed by atoms with Gasteiger partial charge >= 0.3 is 0 Å².